The van der Waals surface area contributed by atoms with Crippen LogP contribution >= 0.6 is 0 Å². The second-order valence-electron chi connectivity index (χ2n) is 6.45. The van der Waals surface area contributed by atoms with Crippen molar-refractivity contribution in [1.82, 2.24) is 14.9 Å². The molecular weight excluding hydrogens is 342 g/mol. The third-order valence-electron chi connectivity index (χ3n) is 4.69. The van der Waals surface area contributed by atoms with Gasteiger partial charge in [0.2, 0.25) is 0 Å². The lowest BCUT2D eigenvalue weighted by Crippen LogP contribution is -2.42. The minimum Gasteiger partial charge on any atom is -0.450 e. The molecular formula is C20H27N5O2. The number of aromatic nitrogens is 2. The molecule has 0 radical (unpaired) electrons. The van der Waals surface area contributed by atoms with Crippen LogP contribution in [0.5, 0.6) is 0 Å². The van der Waals surface area contributed by atoms with Gasteiger partial charge in [-0.05, 0) is 38.8 Å². The number of hydrogen-bond acceptors (Lipinski definition) is 6. The van der Waals surface area contributed by atoms with Crippen LogP contribution in [0.15, 0.2) is 42.7 Å². The molecule has 1 N–H and O–H groups in total. The molecule has 0 atom stereocenters. The van der Waals surface area contributed by atoms with Crippen LogP contribution in [0.2, 0.25) is 0 Å². The Labute approximate surface area is 160 Å². The molecule has 3 rings (SSSR count). The zero-order chi connectivity index (χ0) is 19.1. The van der Waals surface area contributed by atoms with Crippen LogP contribution in [0.25, 0.3) is 0 Å². The van der Waals surface area contributed by atoms with Gasteiger partial charge in [0.05, 0.1) is 6.61 Å². The van der Waals surface area contributed by atoms with Gasteiger partial charge in [0.25, 0.3) is 0 Å². The fourth-order valence-corrected chi connectivity index (χ4v) is 3.29. The Morgan fingerprint density at radius 1 is 1.22 bits per heavy atom. The Morgan fingerprint density at radius 3 is 2.63 bits per heavy atom. The second kappa shape index (κ2) is 9.21. The van der Waals surface area contributed by atoms with Crippen molar-refractivity contribution in [3.8, 4) is 0 Å². The first-order valence-electron chi connectivity index (χ1n) is 9.54. The van der Waals surface area contributed by atoms with Crippen molar-refractivity contribution in [2.75, 3.05) is 36.5 Å². The van der Waals surface area contributed by atoms with Gasteiger partial charge >= 0.3 is 6.09 Å². The van der Waals surface area contributed by atoms with Gasteiger partial charge in [0, 0.05) is 37.4 Å². The van der Waals surface area contributed by atoms with Gasteiger partial charge in [-0.15, -0.1) is 0 Å². The van der Waals surface area contributed by atoms with E-state index >= 15 is 0 Å². The molecule has 1 aliphatic heterocycles. The molecule has 0 spiro atoms. The van der Waals surface area contributed by atoms with E-state index < -0.39 is 0 Å². The monoisotopic (exact) mass is 369 g/mol. The van der Waals surface area contributed by atoms with Crippen LogP contribution in [-0.4, -0.2) is 53.2 Å². The number of nitrogens with one attached hydrogen (secondary N) is 1. The quantitative estimate of drug-likeness (QED) is 0.838. The molecule has 0 aliphatic carbocycles. The molecule has 1 saturated heterocycles. The molecule has 0 unspecified atom stereocenters. The average Bonchev–Trinajstić information content (AvgIpc) is 2.70. The van der Waals surface area contributed by atoms with E-state index in [-0.39, 0.29) is 12.1 Å². The number of nitrogens with zero attached hydrogens (tertiary/aromatic N) is 4. The molecule has 1 aromatic carbocycles. The summed E-state index contributed by atoms with van der Waals surface area (Å²) in [6.45, 7) is 6.55. The van der Waals surface area contributed by atoms with E-state index in [2.05, 4.69) is 39.2 Å². The predicted molar refractivity (Wildman–Crippen MR) is 106 cm³/mol. The minimum atomic E-state index is -0.221. The predicted octanol–water partition coefficient (Wildman–Crippen LogP) is 3.67. The standard InChI is InChI=1S/C20H27N5O2/c1-3-25(17-8-6-5-7-9-17)19-14-18(21-15-22-19)23-16-10-12-24(13-11-16)20(26)27-4-2/h5-9,14-16H,3-4,10-13H2,1-2H3,(H,21,22,23). The van der Waals surface area contributed by atoms with E-state index in [1.807, 2.05) is 31.2 Å². The largest absolute Gasteiger partial charge is 0.450 e. The van der Waals surface area contributed by atoms with Crippen LogP contribution in [0.3, 0.4) is 0 Å². The van der Waals surface area contributed by atoms with Crippen LogP contribution < -0.4 is 10.2 Å². The molecule has 1 aliphatic rings. The van der Waals surface area contributed by atoms with Crippen LogP contribution in [0.1, 0.15) is 26.7 Å². The number of benzene rings is 1. The lowest BCUT2D eigenvalue weighted by Gasteiger charge is -2.32. The maximum atomic E-state index is 11.8. The number of rotatable bonds is 6. The van der Waals surface area contributed by atoms with Gasteiger partial charge in [-0.25, -0.2) is 14.8 Å². The summed E-state index contributed by atoms with van der Waals surface area (Å²) in [5.41, 5.74) is 1.10. The zero-order valence-corrected chi connectivity index (χ0v) is 16.0. The second-order valence-corrected chi connectivity index (χ2v) is 6.45. The fraction of sp³-hybridized carbons (Fsp3) is 0.450. The maximum Gasteiger partial charge on any atom is 0.409 e. The molecule has 1 amide bonds. The summed E-state index contributed by atoms with van der Waals surface area (Å²) in [7, 11) is 0. The molecule has 1 aromatic heterocycles. The zero-order valence-electron chi connectivity index (χ0n) is 16.0. The van der Waals surface area contributed by atoms with Gasteiger partial charge < -0.3 is 19.9 Å². The number of carbonyl (C=O) groups is 1. The highest BCUT2D eigenvalue weighted by Crippen LogP contribution is 2.25. The highest BCUT2D eigenvalue weighted by atomic mass is 16.6. The van der Waals surface area contributed by atoms with E-state index in [1.165, 1.54) is 0 Å². The Bertz CT molecular complexity index is 732. The van der Waals surface area contributed by atoms with Crippen molar-refractivity contribution in [2.24, 2.45) is 0 Å². The summed E-state index contributed by atoms with van der Waals surface area (Å²) in [5, 5.41) is 3.49. The van der Waals surface area contributed by atoms with E-state index in [0.717, 1.165) is 36.7 Å². The first-order valence-corrected chi connectivity index (χ1v) is 9.54. The number of likely N-dealkylation sites (tertiary alicyclic amines) is 1. The number of anilines is 3. The minimum absolute atomic E-state index is 0.221. The van der Waals surface area contributed by atoms with Gasteiger partial charge in [-0.2, -0.15) is 0 Å². The number of amides is 1. The SMILES string of the molecule is CCOC(=O)N1CCC(Nc2cc(N(CC)c3ccccc3)ncn2)CC1. The lowest BCUT2D eigenvalue weighted by molar-refractivity contribution is 0.0983. The number of ether oxygens (including phenoxy) is 1. The fourth-order valence-electron chi connectivity index (χ4n) is 3.29. The van der Waals surface area contributed by atoms with Gasteiger partial charge in [-0.3, -0.25) is 0 Å². The normalized spacial score (nSPS) is 14.7. The summed E-state index contributed by atoms with van der Waals surface area (Å²) in [4.78, 5) is 24.5. The summed E-state index contributed by atoms with van der Waals surface area (Å²) in [6.07, 6.45) is 3.11. The first-order chi connectivity index (χ1) is 13.2. The first kappa shape index (κ1) is 18.9. The van der Waals surface area contributed by atoms with Gasteiger partial charge in [0.15, 0.2) is 0 Å². The topological polar surface area (TPSA) is 70.6 Å². The molecule has 144 valence electrons. The Kier molecular flexibility index (Phi) is 6.46. The van der Waals surface area contributed by atoms with Crippen LogP contribution in [0, 0.1) is 0 Å². The van der Waals surface area contributed by atoms with Crippen LogP contribution in [-0.2, 0) is 4.74 Å². The summed E-state index contributed by atoms with van der Waals surface area (Å²) in [6, 6.07) is 12.5. The Morgan fingerprint density at radius 2 is 1.96 bits per heavy atom. The third-order valence-corrected chi connectivity index (χ3v) is 4.69. The van der Waals surface area contributed by atoms with Crippen molar-refractivity contribution in [1.29, 1.82) is 0 Å². The molecule has 2 heterocycles. The maximum absolute atomic E-state index is 11.8. The van der Waals surface area contributed by atoms with Crippen molar-refractivity contribution in [3.63, 3.8) is 0 Å². The number of piperidine rings is 1. The average molecular weight is 369 g/mol. The molecule has 27 heavy (non-hydrogen) atoms. The molecule has 7 nitrogen and oxygen atoms in total. The Balaban J connectivity index is 1.62. The third kappa shape index (κ3) is 4.87. The number of para-hydroxylation sites is 1. The van der Waals surface area contributed by atoms with E-state index in [4.69, 9.17) is 4.74 Å². The van der Waals surface area contributed by atoms with E-state index in [0.29, 0.717) is 19.7 Å². The van der Waals surface area contributed by atoms with E-state index in [9.17, 15) is 4.79 Å². The molecule has 7 heteroatoms. The van der Waals surface area contributed by atoms with Gasteiger partial charge in [0.1, 0.15) is 18.0 Å². The summed E-state index contributed by atoms with van der Waals surface area (Å²) < 4.78 is 5.07. The van der Waals surface area contributed by atoms with Crippen molar-refractivity contribution in [3.05, 3.63) is 42.7 Å². The summed E-state index contributed by atoms with van der Waals surface area (Å²) in [5.74, 6) is 1.68. The highest BCUT2D eigenvalue weighted by Gasteiger charge is 2.23. The highest BCUT2D eigenvalue weighted by molar-refractivity contribution is 5.67. The Hall–Kier alpha value is -2.83. The van der Waals surface area contributed by atoms with Gasteiger partial charge in [-0.1, -0.05) is 18.2 Å². The molecule has 0 saturated carbocycles. The van der Waals surface area contributed by atoms with Crippen molar-refractivity contribution < 1.29 is 9.53 Å². The van der Waals surface area contributed by atoms with E-state index in [1.54, 1.807) is 11.2 Å². The smallest absolute Gasteiger partial charge is 0.409 e. The van der Waals surface area contributed by atoms with Crippen LogP contribution in [0.4, 0.5) is 22.1 Å². The molecule has 2 aromatic rings. The van der Waals surface area contributed by atoms with Crippen molar-refractivity contribution >= 4 is 23.4 Å². The molecule has 0 bridgehead atoms. The van der Waals surface area contributed by atoms with Crippen molar-refractivity contribution in [2.45, 2.75) is 32.7 Å². The molecule has 1 fully saturated rings. The lowest BCUT2D eigenvalue weighted by atomic mass is 10.1. The summed E-state index contributed by atoms with van der Waals surface area (Å²) >= 11 is 0. The number of carbonyl (C=O) groups excluding carboxylic acids is 1. The number of hydrogen-bond donors (Lipinski definition) is 1.